The quantitative estimate of drug-likeness (QED) is 0.526. The number of hydrogen-bond acceptors (Lipinski definition) is 4. The van der Waals surface area contributed by atoms with E-state index in [4.69, 9.17) is 4.74 Å². The molecular formula is C22H23F2NO4. The number of rotatable bonds is 8. The molecule has 2 aromatic carbocycles. The Hall–Kier alpha value is -3.22. The van der Waals surface area contributed by atoms with Crippen molar-refractivity contribution < 1.29 is 27.8 Å². The molecule has 0 aliphatic rings. The second-order valence-corrected chi connectivity index (χ2v) is 6.52. The maximum absolute atomic E-state index is 12.1. The Kier molecular flexibility index (Phi) is 7.88. The third kappa shape index (κ3) is 7.37. The monoisotopic (exact) mass is 403 g/mol. The fourth-order valence-electron chi connectivity index (χ4n) is 2.51. The zero-order valence-electron chi connectivity index (χ0n) is 16.4. The van der Waals surface area contributed by atoms with Crippen molar-refractivity contribution in [2.75, 3.05) is 6.61 Å². The molecule has 0 aromatic heterocycles. The molecule has 0 radical (unpaired) electrons. The highest BCUT2D eigenvalue weighted by atomic mass is 19.3. The topological polar surface area (TPSA) is 64.6 Å². The summed E-state index contributed by atoms with van der Waals surface area (Å²) in [6, 6.07) is 11.5. The van der Waals surface area contributed by atoms with Gasteiger partial charge < -0.3 is 14.8 Å². The predicted molar refractivity (Wildman–Crippen MR) is 106 cm³/mol. The summed E-state index contributed by atoms with van der Waals surface area (Å²) in [5, 5.41) is 2.78. The molecule has 1 N–H and O–H groups in total. The minimum Gasteiger partial charge on any atom is -0.452 e. The van der Waals surface area contributed by atoms with Gasteiger partial charge in [-0.15, -0.1) is 0 Å². The van der Waals surface area contributed by atoms with Crippen LogP contribution in [0.25, 0.3) is 6.08 Å². The van der Waals surface area contributed by atoms with Crippen molar-refractivity contribution in [2.45, 2.75) is 33.4 Å². The molecule has 2 rings (SSSR count). The van der Waals surface area contributed by atoms with Crippen LogP contribution in [0.4, 0.5) is 8.78 Å². The maximum atomic E-state index is 12.1. The third-order valence-corrected chi connectivity index (χ3v) is 4.27. The van der Waals surface area contributed by atoms with E-state index in [1.165, 1.54) is 35.9 Å². The van der Waals surface area contributed by atoms with Crippen LogP contribution in [0, 0.1) is 13.8 Å². The van der Waals surface area contributed by atoms with Gasteiger partial charge in [0.2, 0.25) is 0 Å². The van der Waals surface area contributed by atoms with E-state index < -0.39 is 25.1 Å². The lowest BCUT2D eigenvalue weighted by molar-refractivity contribution is -0.144. The minimum atomic E-state index is -2.89. The third-order valence-electron chi connectivity index (χ3n) is 4.27. The van der Waals surface area contributed by atoms with Gasteiger partial charge in [-0.05, 0) is 61.2 Å². The van der Waals surface area contributed by atoms with Crippen LogP contribution in [0.2, 0.25) is 0 Å². The predicted octanol–water partition coefficient (Wildman–Crippen LogP) is 4.34. The Bertz CT molecular complexity index is 879. The number of hydrogen-bond donors (Lipinski definition) is 1. The van der Waals surface area contributed by atoms with Crippen LogP contribution in [0.3, 0.4) is 0 Å². The van der Waals surface area contributed by atoms with Gasteiger partial charge in [-0.2, -0.15) is 8.78 Å². The molecule has 0 saturated heterocycles. The van der Waals surface area contributed by atoms with Crippen molar-refractivity contribution in [1.29, 1.82) is 0 Å². The zero-order chi connectivity index (χ0) is 21.4. The highest BCUT2D eigenvalue weighted by Gasteiger charge is 2.11. The molecule has 0 spiro atoms. The standard InChI is InChI=1S/C22H23F2NO4/c1-14-4-8-18(12-15(14)2)16(3)25-20(26)13-28-21(27)11-7-17-5-9-19(10-6-17)29-22(23)24/h4-12,16,22H,13H2,1-3H3,(H,25,26)/b11-7+/t16-/m1/s1. The van der Waals surface area contributed by atoms with Crippen LogP contribution >= 0.6 is 0 Å². The van der Waals surface area contributed by atoms with Gasteiger partial charge in [-0.3, -0.25) is 4.79 Å². The molecule has 0 bridgehead atoms. The molecule has 29 heavy (non-hydrogen) atoms. The number of esters is 1. The van der Waals surface area contributed by atoms with Gasteiger partial charge >= 0.3 is 12.6 Å². The largest absolute Gasteiger partial charge is 0.452 e. The number of aryl methyl sites for hydroxylation is 2. The molecule has 0 saturated carbocycles. The molecule has 154 valence electrons. The van der Waals surface area contributed by atoms with E-state index in [-0.39, 0.29) is 11.8 Å². The number of nitrogens with one attached hydrogen (secondary N) is 1. The molecule has 2 aromatic rings. The van der Waals surface area contributed by atoms with Crippen LogP contribution in [0.5, 0.6) is 5.75 Å². The SMILES string of the molecule is Cc1ccc([C@@H](C)NC(=O)COC(=O)/C=C/c2ccc(OC(F)F)cc2)cc1C. The fraction of sp³-hybridized carbons (Fsp3) is 0.273. The van der Waals surface area contributed by atoms with Gasteiger partial charge in [0, 0.05) is 6.08 Å². The number of carbonyl (C=O) groups is 2. The van der Waals surface area contributed by atoms with E-state index >= 15 is 0 Å². The molecule has 0 heterocycles. The van der Waals surface area contributed by atoms with E-state index in [0.29, 0.717) is 5.56 Å². The van der Waals surface area contributed by atoms with Crippen molar-refractivity contribution >= 4 is 18.0 Å². The number of ether oxygens (including phenoxy) is 2. The van der Waals surface area contributed by atoms with Crippen LogP contribution in [-0.4, -0.2) is 25.1 Å². The van der Waals surface area contributed by atoms with E-state index in [9.17, 15) is 18.4 Å². The Labute approximate surface area is 168 Å². The number of alkyl halides is 2. The molecule has 0 aliphatic carbocycles. The Balaban J connectivity index is 1.79. The summed E-state index contributed by atoms with van der Waals surface area (Å²) >= 11 is 0. The lowest BCUT2D eigenvalue weighted by Crippen LogP contribution is -2.31. The van der Waals surface area contributed by atoms with Gasteiger partial charge in [-0.25, -0.2) is 4.79 Å². The molecular weight excluding hydrogens is 380 g/mol. The van der Waals surface area contributed by atoms with Crippen molar-refractivity contribution in [3.8, 4) is 5.75 Å². The summed E-state index contributed by atoms with van der Waals surface area (Å²) in [4.78, 5) is 23.8. The minimum absolute atomic E-state index is 0.0225. The van der Waals surface area contributed by atoms with Crippen LogP contribution in [0.1, 0.15) is 35.2 Å². The van der Waals surface area contributed by atoms with Crippen molar-refractivity contribution in [3.63, 3.8) is 0 Å². The molecule has 1 atom stereocenters. The lowest BCUT2D eigenvalue weighted by Gasteiger charge is -2.15. The second kappa shape index (κ2) is 10.4. The number of benzene rings is 2. The Morgan fingerprint density at radius 1 is 1.07 bits per heavy atom. The summed E-state index contributed by atoms with van der Waals surface area (Å²) in [5.74, 6) is -1.08. The second-order valence-electron chi connectivity index (χ2n) is 6.52. The first-order chi connectivity index (χ1) is 13.7. The molecule has 5 nitrogen and oxygen atoms in total. The highest BCUT2D eigenvalue weighted by molar-refractivity contribution is 5.89. The van der Waals surface area contributed by atoms with E-state index in [1.54, 1.807) is 0 Å². The van der Waals surface area contributed by atoms with E-state index in [0.717, 1.165) is 17.2 Å². The van der Waals surface area contributed by atoms with Gasteiger partial charge in [0.25, 0.3) is 5.91 Å². The Morgan fingerprint density at radius 2 is 1.76 bits per heavy atom. The molecule has 7 heteroatoms. The van der Waals surface area contributed by atoms with Gasteiger partial charge in [0.1, 0.15) is 5.75 Å². The highest BCUT2D eigenvalue weighted by Crippen LogP contribution is 2.17. The fourth-order valence-corrected chi connectivity index (χ4v) is 2.51. The van der Waals surface area contributed by atoms with Crippen LogP contribution in [0.15, 0.2) is 48.5 Å². The van der Waals surface area contributed by atoms with Crippen molar-refractivity contribution in [1.82, 2.24) is 5.32 Å². The summed E-state index contributed by atoms with van der Waals surface area (Å²) in [6.07, 6.45) is 2.60. The van der Waals surface area contributed by atoms with Gasteiger partial charge in [-0.1, -0.05) is 30.3 Å². The first-order valence-corrected chi connectivity index (χ1v) is 9.01. The van der Waals surface area contributed by atoms with Gasteiger partial charge in [0.05, 0.1) is 6.04 Å². The average molecular weight is 403 g/mol. The normalized spacial score (nSPS) is 12.1. The number of carbonyl (C=O) groups excluding carboxylic acids is 2. The summed E-state index contributed by atoms with van der Waals surface area (Å²) in [6.45, 7) is 2.57. The zero-order valence-corrected chi connectivity index (χ0v) is 16.4. The van der Waals surface area contributed by atoms with Crippen LogP contribution in [-0.2, 0) is 14.3 Å². The number of amides is 1. The van der Waals surface area contributed by atoms with E-state index in [2.05, 4.69) is 10.1 Å². The first-order valence-electron chi connectivity index (χ1n) is 9.01. The summed E-state index contributed by atoms with van der Waals surface area (Å²) in [7, 11) is 0. The molecule has 0 aliphatic heterocycles. The molecule has 1 amide bonds. The van der Waals surface area contributed by atoms with Crippen molar-refractivity contribution in [3.05, 3.63) is 70.8 Å². The number of halogens is 2. The Morgan fingerprint density at radius 3 is 2.38 bits per heavy atom. The average Bonchev–Trinajstić information content (AvgIpc) is 2.67. The lowest BCUT2D eigenvalue weighted by atomic mass is 10.0. The smallest absolute Gasteiger partial charge is 0.387 e. The first kappa shape index (κ1) is 22.1. The summed E-state index contributed by atoms with van der Waals surface area (Å²) < 4.78 is 33.4. The summed E-state index contributed by atoms with van der Waals surface area (Å²) in [5.41, 5.74) is 3.86. The molecule has 0 fully saturated rings. The maximum Gasteiger partial charge on any atom is 0.387 e. The van der Waals surface area contributed by atoms with Crippen molar-refractivity contribution in [2.24, 2.45) is 0 Å². The molecule has 0 unspecified atom stereocenters. The van der Waals surface area contributed by atoms with Crippen LogP contribution < -0.4 is 10.1 Å². The van der Waals surface area contributed by atoms with E-state index in [1.807, 2.05) is 39.0 Å². The van der Waals surface area contributed by atoms with Gasteiger partial charge in [0.15, 0.2) is 6.61 Å².